The van der Waals surface area contributed by atoms with Gasteiger partial charge in [-0.25, -0.2) is 4.98 Å². The molecule has 0 saturated heterocycles. The van der Waals surface area contributed by atoms with Crippen LogP contribution >= 0.6 is 23.1 Å². The third-order valence-electron chi connectivity index (χ3n) is 5.34. The first-order valence-electron chi connectivity index (χ1n) is 10.1. The number of aromatic nitrogens is 5. The topological polar surface area (TPSA) is 84.1 Å². The molecule has 0 aliphatic carbocycles. The molecule has 3 aromatic heterocycles. The molecule has 4 heterocycles. The minimum absolute atomic E-state index is 0.0432. The predicted octanol–water partition coefficient (Wildman–Crippen LogP) is 4.17. The zero-order valence-electron chi connectivity index (χ0n) is 17.8. The summed E-state index contributed by atoms with van der Waals surface area (Å²) in [4.78, 5) is 17.3. The van der Waals surface area contributed by atoms with Crippen molar-refractivity contribution in [1.82, 2.24) is 24.3 Å². The molecule has 0 amide bonds. The van der Waals surface area contributed by atoms with E-state index in [1.807, 2.05) is 65.7 Å². The number of benzene rings is 1. The lowest BCUT2D eigenvalue weighted by Gasteiger charge is -2.25. The van der Waals surface area contributed by atoms with Gasteiger partial charge in [-0.3, -0.25) is 9.36 Å². The molecular formula is C22H21N5O3S2. The number of ether oxygens (including phenoxy) is 2. The van der Waals surface area contributed by atoms with Gasteiger partial charge in [0.25, 0.3) is 0 Å². The number of fused-ring (bicyclic) bond motifs is 1. The molecule has 0 radical (unpaired) electrons. The molecule has 1 unspecified atom stereocenters. The summed E-state index contributed by atoms with van der Waals surface area (Å²) in [7, 11) is 1.88. The number of nitrogens with zero attached hydrogens (tertiary/aromatic N) is 5. The van der Waals surface area contributed by atoms with E-state index in [1.165, 1.54) is 11.8 Å². The van der Waals surface area contributed by atoms with Crippen LogP contribution < -0.4 is 9.47 Å². The molecule has 0 fully saturated rings. The molecule has 0 saturated carbocycles. The minimum Gasteiger partial charge on any atom is -0.485 e. The highest BCUT2D eigenvalue weighted by molar-refractivity contribution is 7.99. The molecule has 164 valence electrons. The summed E-state index contributed by atoms with van der Waals surface area (Å²) in [5.74, 6) is 2.38. The number of aryl methyl sites for hydroxylation is 1. The zero-order valence-corrected chi connectivity index (χ0v) is 19.4. The average molecular weight is 468 g/mol. The number of hydrogen-bond donors (Lipinski definition) is 0. The molecule has 4 aromatic rings. The summed E-state index contributed by atoms with van der Waals surface area (Å²) in [5, 5.41) is 12.0. The lowest BCUT2D eigenvalue weighted by Crippen LogP contribution is -2.24. The maximum atomic E-state index is 13.0. The third kappa shape index (κ3) is 3.69. The summed E-state index contributed by atoms with van der Waals surface area (Å²) in [5.41, 5.74) is 2.59. The highest BCUT2D eigenvalue weighted by Crippen LogP contribution is 2.36. The van der Waals surface area contributed by atoms with Crippen LogP contribution in [0.25, 0.3) is 5.13 Å². The van der Waals surface area contributed by atoms with E-state index in [-0.39, 0.29) is 17.6 Å². The standard InChI is InChI=1S/C22H21N5O3S2/c1-13-10-15(14(2)27(13)21-23-8-9-31-21)16(28)12-32-22-25-24-20(26(22)3)19-11-29-17-6-4-5-7-18(17)30-19/h4-10,19H,11-12H2,1-3H3. The van der Waals surface area contributed by atoms with Gasteiger partial charge in [0.05, 0.1) is 5.75 Å². The van der Waals surface area contributed by atoms with Crippen molar-refractivity contribution in [2.45, 2.75) is 25.1 Å². The number of rotatable bonds is 6. The number of thioether (sulfide) groups is 1. The Labute approximate surface area is 193 Å². The molecule has 1 atom stereocenters. The predicted molar refractivity (Wildman–Crippen MR) is 122 cm³/mol. The number of Topliss-reactive ketones (excluding diaryl/α,β-unsaturated/α-hetero) is 1. The van der Waals surface area contributed by atoms with Gasteiger partial charge in [-0.15, -0.1) is 21.5 Å². The minimum atomic E-state index is -0.357. The molecular weight excluding hydrogens is 446 g/mol. The van der Waals surface area contributed by atoms with Crippen LogP contribution in [0.2, 0.25) is 0 Å². The van der Waals surface area contributed by atoms with Crippen LogP contribution in [0.3, 0.4) is 0 Å². The number of para-hydroxylation sites is 2. The highest BCUT2D eigenvalue weighted by atomic mass is 32.2. The first-order valence-corrected chi connectivity index (χ1v) is 11.9. The summed E-state index contributed by atoms with van der Waals surface area (Å²) < 4.78 is 15.7. The fraction of sp³-hybridized carbons (Fsp3) is 0.273. The zero-order chi connectivity index (χ0) is 22.2. The second-order valence-electron chi connectivity index (χ2n) is 7.41. The Balaban J connectivity index is 1.29. The Morgan fingerprint density at radius 2 is 2.06 bits per heavy atom. The van der Waals surface area contributed by atoms with Gasteiger partial charge in [0, 0.05) is 35.6 Å². The van der Waals surface area contributed by atoms with Crippen LogP contribution in [-0.4, -0.2) is 42.5 Å². The maximum Gasteiger partial charge on any atom is 0.193 e. The molecule has 32 heavy (non-hydrogen) atoms. The van der Waals surface area contributed by atoms with Crippen molar-refractivity contribution in [3.63, 3.8) is 0 Å². The van der Waals surface area contributed by atoms with Gasteiger partial charge in [0.1, 0.15) is 6.61 Å². The summed E-state index contributed by atoms with van der Waals surface area (Å²) in [6, 6.07) is 9.48. The second kappa shape index (κ2) is 8.44. The van der Waals surface area contributed by atoms with Gasteiger partial charge in [-0.1, -0.05) is 23.9 Å². The van der Waals surface area contributed by atoms with Gasteiger partial charge < -0.3 is 14.0 Å². The Morgan fingerprint density at radius 3 is 2.84 bits per heavy atom. The van der Waals surface area contributed by atoms with Crippen LogP contribution in [0.1, 0.15) is 33.7 Å². The van der Waals surface area contributed by atoms with Crippen molar-refractivity contribution < 1.29 is 14.3 Å². The van der Waals surface area contributed by atoms with E-state index in [9.17, 15) is 4.79 Å². The van der Waals surface area contributed by atoms with Crippen molar-refractivity contribution >= 4 is 28.9 Å². The van der Waals surface area contributed by atoms with Crippen LogP contribution in [0, 0.1) is 13.8 Å². The van der Waals surface area contributed by atoms with Gasteiger partial charge in [0.2, 0.25) is 0 Å². The average Bonchev–Trinajstić information content (AvgIpc) is 3.51. The molecule has 8 nitrogen and oxygen atoms in total. The molecule has 0 bridgehead atoms. The summed E-state index contributed by atoms with van der Waals surface area (Å²) in [6.07, 6.45) is 1.41. The Morgan fingerprint density at radius 1 is 1.25 bits per heavy atom. The summed E-state index contributed by atoms with van der Waals surface area (Å²) in [6.45, 7) is 4.29. The first kappa shape index (κ1) is 20.8. The lowest BCUT2D eigenvalue weighted by molar-refractivity contribution is 0.0825. The summed E-state index contributed by atoms with van der Waals surface area (Å²) >= 11 is 2.91. The molecule has 5 rings (SSSR count). The third-order valence-corrected chi connectivity index (χ3v) is 7.12. The second-order valence-corrected chi connectivity index (χ2v) is 9.23. The largest absolute Gasteiger partial charge is 0.485 e. The van der Waals surface area contributed by atoms with E-state index in [2.05, 4.69) is 15.2 Å². The molecule has 10 heteroatoms. The van der Waals surface area contributed by atoms with E-state index < -0.39 is 0 Å². The van der Waals surface area contributed by atoms with Crippen LogP contribution in [0.15, 0.2) is 47.1 Å². The van der Waals surface area contributed by atoms with E-state index in [0.29, 0.717) is 28.9 Å². The van der Waals surface area contributed by atoms with Gasteiger partial charge >= 0.3 is 0 Å². The number of hydrogen-bond acceptors (Lipinski definition) is 8. The van der Waals surface area contributed by atoms with Crippen LogP contribution in [-0.2, 0) is 7.05 Å². The number of carbonyl (C=O) groups is 1. The van der Waals surface area contributed by atoms with Crippen LogP contribution in [0.5, 0.6) is 11.5 Å². The number of ketones is 1. The molecule has 1 aliphatic heterocycles. The Kier molecular flexibility index (Phi) is 5.48. The fourth-order valence-electron chi connectivity index (χ4n) is 3.75. The van der Waals surface area contributed by atoms with Crippen molar-refractivity contribution in [2.24, 2.45) is 7.05 Å². The highest BCUT2D eigenvalue weighted by Gasteiger charge is 2.28. The SMILES string of the molecule is Cc1cc(C(=O)CSc2nnc(C3COc4ccccc4O3)n2C)c(C)n1-c1nccs1. The van der Waals surface area contributed by atoms with Crippen molar-refractivity contribution in [2.75, 3.05) is 12.4 Å². The smallest absolute Gasteiger partial charge is 0.193 e. The lowest BCUT2D eigenvalue weighted by atomic mass is 10.2. The normalized spacial score (nSPS) is 15.2. The molecule has 1 aliphatic rings. The quantitative estimate of drug-likeness (QED) is 0.311. The first-order chi connectivity index (χ1) is 15.5. The van der Waals surface area contributed by atoms with E-state index in [4.69, 9.17) is 9.47 Å². The van der Waals surface area contributed by atoms with Gasteiger partial charge in [-0.05, 0) is 32.0 Å². The Bertz CT molecular complexity index is 1280. The van der Waals surface area contributed by atoms with Crippen LogP contribution in [0.4, 0.5) is 0 Å². The van der Waals surface area contributed by atoms with Crippen molar-refractivity contribution in [1.29, 1.82) is 0 Å². The number of thiazole rings is 1. The van der Waals surface area contributed by atoms with E-state index >= 15 is 0 Å². The maximum absolute atomic E-state index is 13.0. The fourth-order valence-corrected chi connectivity index (χ4v) is 5.31. The van der Waals surface area contributed by atoms with E-state index in [1.54, 1.807) is 17.5 Å². The van der Waals surface area contributed by atoms with Crippen molar-refractivity contribution in [3.8, 4) is 16.6 Å². The monoisotopic (exact) mass is 467 g/mol. The van der Waals surface area contributed by atoms with Gasteiger partial charge in [0.15, 0.2) is 39.5 Å². The van der Waals surface area contributed by atoms with Crippen molar-refractivity contribution in [3.05, 3.63) is 64.7 Å². The molecule has 0 spiro atoms. The van der Waals surface area contributed by atoms with E-state index in [0.717, 1.165) is 22.3 Å². The molecule has 1 aromatic carbocycles. The van der Waals surface area contributed by atoms with Gasteiger partial charge in [-0.2, -0.15) is 0 Å². The molecule has 0 N–H and O–H groups in total. The number of carbonyl (C=O) groups excluding carboxylic acids is 1. The Hall–Kier alpha value is -3.11.